The van der Waals surface area contributed by atoms with Crippen LogP contribution in [-0.2, 0) is 10.0 Å². The highest BCUT2D eigenvalue weighted by Crippen LogP contribution is 2.22. The number of carbonyl (C=O) groups excluding carboxylic acids is 1. The van der Waals surface area contributed by atoms with E-state index in [1.807, 2.05) is 0 Å². The van der Waals surface area contributed by atoms with Crippen molar-refractivity contribution < 1.29 is 22.3 Å². The van der Waals surface area contributed by atoms with Gasteiger partial charge in [0.05, 0.1) is 12.0 Å². The summed E-state index contributed by atoms with van der Waals surface area (Å²) in [7, 11) is -2.56. The molecule has 0 saturated carbocycles. The first kappa shape index (κ1) is 20.3. The van der Waals surface area contributed by atoms with Gasteiger partial charge < -0.3 is 10.1 Å². The summed E-state index contributed by atoms with van der Waals surface area (Å²) >= 11 is 0. The highest BCUT2D eigenvalue weighted by atomic mass is 32.2. The third-order valence-corrected chi connectivity index (χ3v) is 5.43. The van der Waals surface area contributed by atoms with Crippen molar-refractivity contribution in [3.8, 4) is 5.75 Å². The van der Waals surface area contributed by atoms with E-state index in [0.29, 0.717) is 11.3 Å². The molecule has 7 nitrogen and oxygen atoms in total. The summed E-state index contributed by atoms with van der Waals surface area (Å²) in [5, 5.41) is 2.61. The van der Waals surface area contributed by atoms with Crippen molar-refractivity contribution in [1.82, 2.24) is 4.98 Å². The van der Waals surface area contributed by atoms with E-state index >= 15 is 0 Å². The minimum Gasteiger partial charge on any atom is -0.493 e. The van der Waals surface area contributed by atoms with E-state index in [1.54, 1.807) is 12.1 Å². The molecule has 1 heterocycles. The second kappa shape index (κ2) is 8.27. The lowest BCUT2D eigenvalue weighted by atomic mass is 10.2. The van der Waals surface area contributed by atoms with Crippen molar-refractivity contribution in [2.75, 3.05) is 17.1 Å². The van der Waals surface area contributed by atoms with Crippen molar-refractivity contribution in [1.29, 1.82) is 0 Å². The molecular formula is C20H18FN3O4S. The van der Waals surface area contributed by atoms with Gasteiger partial charge in [-0.1, -0.05) is 12.1 Å². The van der Waals surface area contributed by atoms with Gasteiger partial charge in [0.15, 0.2) is 11.6 Å². The lowest BCUT2D eigenvalue weighted by molar-refractivity contribution is 0.102. The molecule has 9 heteroatoms. The summed E-state index contributed by atoms with van der Waals surface area (Å²) in [4.78, 5) is 16.4. The number of anilines is 2. The van der Waals surface area contributed by atoms with Gasteiger partial charge in [-0.2, -0.15) is 0 Å². The molecule has 0 aliphatic carbocycles. The SMILES string of the molecule is COc1cccnc1NC(=O)c1cccc(NS(=O)(=O)c2ccc(C)c(F)c2)c1. The predicted molar refractivity (Wildman–Crippen MR) is 107 cm³/mol. The Labute approximate surface area is 167 Å². The number of nitrogens with one attached hydrogen (secondary N) is 2. The van der Waals surface area contributed by atoms with E-state index in [4.69, 9.17) is 4.74 Å². The summed E-state index contributed by atoms with van der Waals surface area (Å²) in [5.41, 5.74) is 0.701. The number of halogens is 1. The molecule has 2 N–H and O–H groups in total. The van der Waals surface area contributed by atoms with Crippen molar-refractivity contribution in [2.45, 2.75) is 11.8 Å². The number of aromatic nitrogens is 1. The fraction of sp³-hybridized carbons (Fsp3) is 0.100. The number of amides is 1. The maximum absolute atomic E-state index is 13.7. The van der Waals surface area contributed by atoms with Crippen molar-refractivity contribution >= 4 is 27.4 Å². The van der Waals surface area contributed by atoms with E-state index < -0.39 is 21.7 Å². The van der Waals surface area contributed by atoms with Crippen molar-refractivity contribution in [3.63, 3.8) is 0 Å². The van der Waals surface area contributed by atoms with Crippen LogP contribution in [0.4, 0.5) is 15.9 Å². The van der Waals surface area contributed by atoms with E-state index in [1.165, 1.54) is 56.6 Å². The van der Waals surface area contributed by atoms with Gasteiger partial charge in [-0.05, 0) is 55.0 Å². The molecule has 0 unspecified atom stereocenters. The molecule has 29 heavy (non-hydrogen) atoms. The first-order valence-electron chi connectivity index (χ1n) is 8.49. The summed E-state index contributed by atoms with van der Waals surface area (Å²) in [6, 6.07) is 12.9. The van der Waals surface area contributed by atoms with Crippen LogP contribution >= 0.6 is 0 Å². The Morgan fingerprint density at radius 1 is 1.10 bits per heavy atom. The molecule has 0 atom stereocenters. The quantitative estimate of drug-likeness (QED) is 0.641. The lowest BCUT2D eigenvalue weighted by Crippen LogP contribution is -2.16. The Kier molecular flexibility index (Phi) is 5.79. The molecule has 0 spiro atoms. The van der Waals surface area contributed by atoms with E-state index in [2.05, 4.69) is 15.0 Å². The number of hydrogen-bond acceptors (Lipinski definition) is 5. The van der Waals surface area contributed by atoms with Gasteiger partial charge in [-0.15, -0.1) is 0 Å². The molecule has 0 saturated heterocycles. The van der Waals surface area contributed by atoms with Crippen LogP contribution in [0.25, 0.3) is 0 Å². The van der Waals surface area contributed by atoms with Crippen LogP contribution < -0.4 is 14.8 Å². The average molecular weight is 415 g/mol. The molecule has 2 aromatic carbocycles. The molecule has 3 aromatic rings. The zero-order valence-electron chi connectivity index (χ0n) is 15.6. The first-order chi connectivity index (χ1) is 13.8. The minimum atomic E-state index is -4.02. The second-order valence-electron chi connectivity index (χ2n) is 6.11. The number of benzene rings is 2. The van der Waals surface area contributed by atoms with Gasteiger partial charge in [-0.3, -0.25) is 9.52 Å². The van der Waals surface area contributed by atoms with Gasteiger partial charge in [0.25, 0.3) is 15.9 Å². The number of pyridine rings is 1. The number of methoxy groups -OCH3 is 1. The highest BCUT2D eigenvalue weighted by molar-refractivity contribution is 7.92. The molecule has 1 amide bonds. The van der Waals surface area contributed by atoms with Crippen LogP contribution in [0.2, 0.25) is 0 Å². The molecule has 150 valence electrons. The smallest absolute Gasteiger partial charge is 0.261 e. The van der Waals surface area contributed by atoms with Gasteiger partial charge in [0, 0.05) is 17.4 Å². The topological polar surface area (TPSA) is 97.4 Å². The van der Waals surface area contributed by atoms with Crippen LogP contribution in [0.3, 0.4) is 0 Å². The van der Waals surface area contributed by atoms with Gasteiger partial charge >= 0.3 is 0 Å². The summed E-state index contributed by atoms with van der Waals surface area (Å²) in [5.74, 6) is -0.491. The minimum absolute atomic E-state index is 0.159. The van der Waals surface area contributed by atoms with Crippen LogP contribution in [0.15, 0.2) is 65.7 Å². The van der Waals surface area contributed by atoms with Crippen LogP contribution in [-0.4, -0.2) is 26.4 Å². The van der Waals surface area contributed by atoms with Crippen LogP contribution in [0.1, 0.15) is 15.9 Å². The zero-order chi connectivity index (χ0) is 21.0. The van der Waals surface area contributed by atoms with Crippen LogP contribution in [0.5, 0.6) is 5.75 Å². The molecule has 0 aliphatic rings. The van der Waals surface area contributed by atoms with E-state index in [0.717, 1.165) is 6.07 Å². The third-order valence-electron chi connectivity index (χ3n) is 4.05. The number of rotatable bonds is 6. The van der Waals surface area contributed by atoms with Crippen LogP contribution in [0, 0.1) is 12.7 Å². The largest absolute Gasteiger partial charge is 0.493 e. The van der Waals surface area contributed by atoms with E-state index in [-0.39, 0.29) is 22.0 Å². The summed E-state index contributed by atoms with van der Waals surface area (Å²) < 4.78 is 46.2. The summed E-state index contributed by atoms with van der Waals surface area (Å²) in [6.07, 6.45) is 1.50. The van der Waals surface area contributed by atoms with Crippen molar-refractivity contribution in [3.05, 3.63) is 77.7 Å². The Hall–Kier alpha value is -3.46. The number of carbonyl (C=O) groups is 1. The fourth-order valence-electron chi connectivity index (χ4n) is 2.51. The standard InChI is InChI=1S/C20H18FN3O4S/c1-13-8-9-16(12-17(13)21)29(26,27)24-15-6-3-5-14(11-15)20(25)23-19-18(28-2)7-4-10-22-19/h3-12,24H,1-2H3,(H,22,23,25). The molecule has 3 rings (SSSR count). The Balaban J connectivity index is 1.82. The molecule has 0 bridgehead atoms. The van der Waals surface area contributed by atoms with Gasteiger partial charge in [-0.25, -0.2) is 17.8 Å². The lowest BCUT2D eigenvalue weighted by Gasteiger charge is -2.11. The fourth-order valence-corrected chi connectivity index (χ4v) is 3.57. The maximum Gasteiger partial charge on any atom is 0.261 e. The number of nitrogens with zero attached hydrogens (tertiary/aromatic N) is 1. The third kappa shape index (κ3) is 4.69. The molecule has 0 aliphatic heterocycles. The highest BCUT2D eigenvalue weighted by Gasteiger charge is 2.17. The van der Waals surface area contributed by atoms with E-state index in [9.17, 15) is 17.6 Å². The maximum atomic E-state index is 13.7. The number of aryl methyl sites for hydroxylation is 1. The monoisotopic (exact) mass is 415 g/mol. The molecule has 0 fully saturated rings. The second-order valence-corrected chi connectivity index (χ2v) is 7.79. The van der Waals surface area contributed by atoms with Gasteiger partial charge in [0.2, 0.25) is 0 Å². The first-order valence-corrected chi connectivity index (χ1v) is 9.98. The number of ether oxygens (including phenoxy) is 1. The average Bonchev–Trinajstić information content (AvgIpc) is 2.70. The van der Waals surface area contributed by atoms with Gasteiger partial charge in [0.1, 0.15) is 5.82 Å². The zero-order valence-corrected chi connectivity index (χ0v) is 16.5. The Morgan fingerprint density at radius 2 is 1.90 bits per heavy atom. The number of sulfonamides is 1. The molecule has 0 radical (unpaired) electrons. The molecular weight excluding hydrogens is 397 g/mol. The molecule has 1 aromatic heterocycles. The Bertz CT molecular complexity index is 1170. The summed E-state index contributed by atoms with van der Waals surface area (Å²) in [6.45, 7) is 1.54. The predicted octanol–water partition coefficient (Wildman–Crippen LogP) is 3.59. The van der Waals surface area contributed by atoms with Crippen molar-refractivity contribution in [2.24, 2.45) is 0 Å². The number of hydrogen-bond donors (Lipinski definition) is 2. The Morgan fingerprint density at radius 3 is 2.62 bits per heavy atom. The normalized spacial score (nSPS) is 11.0.